The highest BCUT2D eigenvalue weighted by atomic mass is 32.1. The first-order valence-electron chi connectivity index (χ1n) is 5.56. The van der Waals surface area contributed by atoms with Gasteiger partial charge in [-0.15, -0.1) is 0 Å². The number of hydrogen-bond acceptors (Lipinski definition) is 4. The molecule has 0 radical (unpaired) electrons. The number of rotatable bonds is 7. The molecule has 0 bridgehead atoms. The van der Waals surface area contributed by atoms with Crippen molar-refractivity contribution in [1.29, 1.82) is 5.26 Å². The van der Waals surface area contributed by atoms with Crippen molar-refractivity contribution in [2.75, 3.05) is 13.1 Å². The van der Waals surface area contributed by atoms with E-state index in [4.69, 9.17) is 5.11 Å². The van der Waals surface area contributed by atoms with Crippen molar-refractivity contribution in [2.45, 2.75) is 25.8 Å². The molecule has 0 fully saturated rings. The van der Waals surface area contributed by atoms with Crippen molar-refractivity contribution in [1.82, 2.24) is 4.90 Å². The maximum Gasteiger partial charge on any atom is 0.304 e. The molecule has 1 N–H and O–H groups in total. The minimum Gasteiger partial charge on any atom is -0.481 e. The second-order valence-electron chi connectivity index (χ2n) is 3.77. The van der Waals surface area contributed by atoms with Gasteiger partial charge in [-0.2, -0.15) is 16.6 Å². The van der Waals surface area contributed by atoms with Crippen molar-refractivity contribution >= 4 is 17.3 Å². The zero-order valence-corrected chi connectivity index (χ0v) is 10.6. The lowest BCUT2D eigenvalue weighted by Gasteiger charge is -2.25. The summed E-state index contributed by atoms with van der Waals surface area (Å²) in [4.78, 5) is 12.5. The molecule has 0 aliphatic rings. The van der Waals surface area contributed by atoms with Crippen LogP contribution in [0.2, 0.25) is 0 Å². The van der Waals surface area contributed by atoms with Gasteiger partial charge < -0.3 is 5.11 Å². The number of aliphatic carboxylic acids is 1. The number of carboxylic acid groups (broad SMARTS) is 1. The molecule has 1 unspecified atom stereocenters. The normalized spacial score (nSPS) is 12.3. The van der Waals surface area contributed by atoms with Gasteiger partial charge in [-0.05, 0) is 35.4 Å². The predicted molar refractivity (Wildman–Crippen MR) is 66.8 cm³/mol. The monoisotopic (exact) mass is 252 g/mol. The third-order valence-electron chi connectivity index (χ3n) is 2.47. The summed E-state index contributed by atoms with van der Waals surface area (Å²) in [7, 11) is 0. The fourth-order valence-electron chi connectivity index (χ4n) is 1.69. The number of nitrogens with zero attached hydrogens (tertiary/aromatic N) is 2. The molecule has 1 aromatic rings. The van der Waals surface area contributed by atoms with Gasteiger partial charge in [-0.25, -0.2) is 0 Å². The number of hydrogen-bond donors (Lipinski definition) is 1. The molecular formula is C12H16N2O2S. The van der Waals surface area contributed by atoms with Gasteiger partial charge in [0.05, 0.1) is 12.5 Å². The molecule has 5 heteroatoms. The molecule has 1 aromatic heterocycles. The van der Waals surface area contributed by atoms with Gasteiger partial charge in [0.25, 0.3) is 0 Å². The van der Waals surface area contributed by atoms with Crippen molar-refractivity contribution < 1.29 is 9.90 Å². The van der Waals surface area contributed by atoms with Crippen molar-refractivity contribution in [3.8, 4) is 6.07 Å². The van der Waals surface area contributed by atoms with Crippen molar-refractivity contribution in [3.05, 3.63) is 22.4 Å². The maximum atomic E-state index is 10.6. The van der Waals surface area contributed by atoms with Crippen LogP contribution in [-0.2, 0) is 4.79 Å². The van der Waals surface area contributed by atoms with E-state index >= 15 is 0 Å². The Hall–Kier alpha value is -1.38. The molecule has 0 spiro atoms. The number of carboxylic acids is 1. The molecule has 0 amide bonds. The molecule has 0 saturated heterocycles. The Balaban J connectivity index is 2.73. The molecule has 1 atom stereocenters. The Kier molecular flexibility index (Phi) is 5.67. The van der Waals surface area contributed by atoms with Gasteiger partial charge in [0.1, 0.15) is 6.04 Å². The van der Waals surface area contributed by atoms with E-state index in [0.29, 0.717) is 6.54 Å². The highest BCUT2D eigenvalue weighted by Gasteiger charge is 2.20. The molecule has 92 valence electrons. The van der Waals surface area contributed by atoms with E-state index in [1.54, 1.807) is 11.3 Å². The van der Waals surface area contributed by atoms with Gasteiger partial charge >= 0.3 is 5.97 Å². The zero-order valence-electron chi connectivity index (χ0n) is 9.80. The lowest BCUT2D eigenvalue weighted by atomic mass is 10.1. The summed E-state index contributed by atoms with van der Waals surface area (Å²) in [5.74, 6) is -0.826. The molecule has 0 aromatic carbocycles. The Morgan fingerprint density at radius 1 is 1.65 bits per heavy atom. The maximum absolute atomic E-state index is 10.6. The van der Waals surface area contributed by atoms with Crippen LogP contribution < -0.4 is 0 Å². The van der Waals surface area contributed by atoms with E-state index in [1.807, 2.05) is 28.7 Å². The van der Waals surface area contributed by atoms with E-state index < -0.39 is 5.97 Å². The van der Waals surface area contributed by atoms with E-state index in [1.165, 1.54) is 0 Å². The fourth-order valence-corrected chi connectivity index (χ4v) is 2.37. The predicted octanol–water partition coefficient (Wildman–Crippen LogP) is 2.50. The molecular weight excluding hydrogens is 236 g/mol. The average molecular weight is 252 g/mol. The molecule has 1 rings (SSSR count). The second kappa shape index (κ2) is 7.05. The highest BCUT2D eigenvalue weighted by Crippen LogP contribution is 2.22. The Morgan fingerprint density at radius 3 is 2.88 bits per heavy atom. The van der Waals surface area contributed by atoms with E-state index in [0.717, 1.165) is 18.5 Å². The topological polar surface area (TPSA) is 64.3 Å². The van der Waals surface area contributed by atoms with Crippen LogP contribution in [0, 0.1) is 11.3 Å². The molecule has 0 aliphatic heterocycles. The average Bonchev–Trinajstić information content (AvgIpc) is 2.80. The lowest BCUT2D eigenvalue weighted by molar-refractivity contribution is -0.137. The first-order chi connectivity index (χ1) is 8.19. The summed E-state index contributed by atoms with van der Waals surface area (Å²) < 4.78 is 0. The largest absolute Gasteiger partial charge is 0.481 e. The number of nitriles is 1. The summed E-state index contributed by atoms with van der Waals surface area (Å²) in [5.41, 5.74) is 0.955. The van der Waals surface area contributed by atoms with Gasteiger partial charge in [0, 0.05) is 6.54 Å². The first-order valence-corrected chi connectivity index (χ1v) is 6.50. The molecule has 0 saturated carbocycles. The Morgan fingerprint density at radius 2 is 2.41 bits per heavy atom. The smallest absolute Gasteiger partial charge is 0.304 e. The van der Waals surface area contributed by atoms with Crippen LogP contribution in [0.15, 0.2) is 16.8 Å². The molecule has 1 heterocycles. The van der Waals surface area contributed by atoms with Crippen LogP contribution in [0.3, 0.4) is 0 Å². The highest BCUT2D eigenvalue weighted by molar-refractivity contribution is 7.08. The molecule has 17 heavy (non-hydrogen) atoms. The lowest BCUT2D eigenvalue weighted by Crippen LogP contribution is -2.30. The van der Waals surface area contributed by atoms with Crippen LogP contribution in [0.1, 0.15) is 31.4 Å². The minimum absolute atomic E-state index is 0.0717. The van der Waals surface area contributed by atoms with Gasteiger partial charge in [0.2, 0.25) is 0 Å². The Bertz CT molecular complexity index is 384. The molecule has 0 aliphatic carbocycles. The van der Waals surface area contributed by atoms with E-state index in [2.05, 4.69) is 6.07 Å². The second-order valence-corrected chi connectivity index (χ2v) is 4.55. The summed E-state index contributed by atoms with van der Waals surface area (Å²) in [6.45, 7) is 3.18. The first kappa shape index (κ1) is 13.7. The third kappa shape index (κ3) is 4.17. The SMILES string of the molecule is CCCN(CCC(=O)O)C(C#N)c1ccsc1. The summed E-state index contributed by atoms with van der Waals surface area (Å²) in [5, 5.41) is 21.8. The van der Waals surface area contributed by atoms with Crippen LogP contribution in [0.4, 0.5) is 0 Å². The summed E-state index contributed by atoms with van der Waals surface area (Å²) >= 11 is 1.55. The van der Waals surface area contributed by atoms with Gasteiger partial charge in [0.15, 0.2) is 0 Å². The van der Waals surface area contributed by atoms with Crippen LogP contribution in [0.5, 0.6) is 0 Å². The minimum atomic E-state index is -0.826. The fraction of sp³-hybridized carbons (Fsp3) is 0.500. The quantitative estimate of drug-likeness (QED) is 0.809. The van der Waals surface area contributed by atoms with E-state index in [9.17, 15) is 10.1 Å². The summed E-state index contributed by atoms with van der Waals surface area (Å²) in [6.07, 6.45) is 0.976. The molecule has 4 nitrogen and oxygen atoms in total. The standard InChI is InChI=1S/C12H16N2O2S/c1-2-5-14(6-3-12(15)16)11(8-13)10-4-7-17-9-10/h4,7,9,11H,2-3,5-6H2,1H3,(H,15,16). The van der Waals surface area contributed by atoms with E-state index in [-0.39, 0.29) is 12.5 Å². The number of thiophene rings is 1. The third-order valence-corrected chi connectivity index (χ3v) is 3.17. The van der Waals surface area contributed by atoms with Gasteiger partial charge in [-0.1, -0.05) is 6.92 Å². The zero-order chi connectivity index (χ0) is 12.7. The van der Waals surface area contributed by atoms with Crippen molar-refractivity contribution in [3.63, 3.8) is 0 Å². The van der Waals surface area contributed by atoms with Crippen LogP contribution in [-0.4, -0.2) is 29.1 Å². The number of carbonyl (C=O) groups is 1. The Labute approximate surface area is 105 Å². The van der Waals surface area contributed by atoms with Gasteiger partial charge in [-0.3, -0.25) is 9.69 Å². The summed E-state index contributed by atoms with van der Waals surface area (Å²) in [6, 6.07) is 3.84. The van der Waals surface area contributed by atoms with Crippen LogP contribution in [0.25, 0.3) is 0 Å². The van der Waals surface area contributed by atoms with Crippen molar-refractivity contribution in [2.24, 2.45) is 0 Å². The van der Waals surface area contributed by atoms with Crippen LogP contribution >= 0.6 is 11.3 Å².